The van der Waals surface area contributed by atoms with Crippen molar-refractivity contribution in [1.29, 1.82) is 0 Å². The third-order valence-electron chi connectivity index (χ3n) is 2.42. The summed E-state index contributed by atoms with van der Waals surface area (Å²) in [6.45, 7) is 0. The van der Waals surface area contributed by atoms with Crippen molar-refractivity contribution in [2.45, 2.75) is 18.9 Å². The van der Waals surface area contributed by atoms with Gasteiger partial charge in [-0.15, -0.1) is 0 Å². The summed E-state index contributed by atoms with van der Waals surface area (Å²) in [7, 11) is 0. The molecular weight excluding hydrogens is 172 g/mol. The van der Waals surface area contributed by atoms with Crippen LogP contribution >= 0.6 is 11.6 Å². The van der Waals surface area contributed by atoms with Crippen LogP contribution in [0.3, 0.4) is 0 Å². The summed E-state index contributed by atoms with van der Waals surface area (Å²) in [5.74, 6) is 0. The molecule has 1 aliphatic rings. The number of anilines is 1. The minimum Gasteiger partial charge on any atom is -0.397 e. The van der Waals surface area contributed by atoms with Gasteiger partial charge in [0.1, 0.15) is 0 Å². The van der Waals surface area contributed by atoms with Crippen LogP contribution in [0.15, 0.2) is 12.1 Å². The van der Waals surface area contributed by atoms with Gasteiger partial charge in [0.15, 0.2) is 0 Å². The molecule has 0 saturated carbocycles. The molecule has 64 valence electrons. The summed E-state index contributed by atoms with van der Waals surface area (Å²) in [5, 5.41) is 0.617. The topological polar surface area (TPSA) is 52.0 Å². The predicted octanol–water partition coefficient (Wildman–Crippen LogP) is 1.87. The minimum absolute atomic E-state index is 0.0821. The highest BCUT2D eigenvalue weighted by molar-refractivity contribution is 6.33. The third kappa shape index (κ3) is 0.993. The van der Waals surface area contributed by atoms with Gasteiger partial charge in [-0.1, -0.05) is 17.7 Å². The standard InChI is InChI=1S/C9H11ClN2/c10-6-3-1-5-2-4-7(11)8(5)9(6)12/h1,3,7H,2,4,11-12H2/t7-/m0/s1. The van der Waals surface area contributed by atoms with E-state index in [1.807, 2.05) is 12.1 Å². The molecule has 0 amide bonds. The zero-order chi connectivity index (χ0) is 8.72. The molecule has 0 radical (unpaired) electrons. The zero-order valence-corrected chi connectivity index (χ0v) is 7.43. The van der Waals surface area contributed by atoms with Gasteiger partial charge in [0.2, 0.25) is 0 Å². The monoisotopic (exact) mass is 182 g/mol. The average Bonchev–Trinajstić information content (AvgIpc) is 2.41. The third-order valence-corrected chi connectivity index (χ3v) is 2.75. The molecule has 12 heavy (non-hydrogen) atoms. The van der Waals surface area contributed by atoms with E-state index in [0.717, 1.165) is 18.4 Å². The van der Waals surface area contributed by atoms with Gasteiger partial charge in [0.25, 0.3) is 0 Å². The van der Waals surface area contributed by atoms with Gasteiger partial charge in [0, 0.05) is 6.04 Å². The van der Waals surface area contributed by atoms with E-state index in [4.69, 9.17) is 23.1 Å². The van der Waals surface area contributed by atoms with Gasteiger partial charge in [-0.3, -0.25) is 0 Å². The molecule has 1 atom stereocenters. The van der Waals surface area contributed by atoms with E-state index in [-0.39, 0.29) is 6.04 Å². The molecule has 0 bridgehead atoms. The molecule has 0 unspecified atom stereocenters. The van der Waals surface area contributed by atoms with E-state index in [1.165, 1.54) is 5.56 Å². The van der Waals surface area contributed by atoms with E-state index in [1.54, 1.807) is 0 Å². The van der Waals surface area contributed by atoms with Gasteiger partial charge >= 0.3 is 0 Å². The molecule has 0 spiro atoms. The second kappa shape index (κ2) is 2.64. The number of nitrogens with two attached hydrogens (primary N) is 2. The van der Waals surface area contributed by atoms with Crippen molar-refractivity contribution in [2.24, 2.45) is 5.73 Å². The van der Waals surface area contributed by atoms with E-state index >= 15 is 0 Å². The second-order valence-corrected chi connectivity index (χ2v) is 3.59. The second-order valence-electron chi connectivity index (χ2n) is 3.18. The lowest BCUT2D eigenvalue weighted by molar-refractivity contribution is 0.715. The molecule has 0 aromatic heterocycles. The van der Waals surface area contributed by atoms with Gasteiger partial charge in [0.05, 0.1) is 10.7 Å². The SMILES string of the molecule is Nc1c(Cl)ccc2c1[C@@H](N)CC2. The maximum Gasteiger partial charge on any atom is 0.0639 e. The van der Waals surface area contributed by atoms with Gasteiger partial charge < -0.3 is 11.5 Å². The summed E-state index contributed by atoms with van der Waals surface area (Å²) in [5.41, 5.74) is 14.7. The van der Waals surface area contributed by atoms with Crippen molar-refractivity contribution in [3.63, 3.8) is 0 Å². The van der Waals surface area contributed by atoms with Crippen molar-refractivity contribution < 1.29 is 0 Å². The predicted molar refractivity (Wildman–Crippen MR) is 51.1 cm³/mol. The van der Waals surface area contributed by atoms with Crippen LogP contribution in [-0.4, -0.2) is 0 Å². The lowest BCUT2D eigenvalue weighted by Gasteiger charge is -2.09. The highest BCUT2D eigenvalue weighted by atomic mass is 35.5. The zero-order valence-electron chi connectivity index (χ0n) is 6.68. The number of benzene rings is 1. The molecule has 2 rings (SSSR count). The first-order valence-electron chi connectivity index (χ1n) is 4.02. The first-order chi connectivity index (χ1) is 5.70. The lowest BCUT2D eigenvalue weighted by atomic mass is 10.1. The van der Waals surface area contributed by atoms with Crippen LogP contribution in [0, 0.1) is 0 Å². The van der Waals surface area contributed by atoms with E-state index in [9.17, 15) is 0 Å². The maximum absolute atomic E-state index is 5.88. The van der Waals surface area contributed by atoms with Gasteiger partial charge in [-0.05, 0) is 30.0 Å². The average molecular weight is 183 g/mol. The molecule has 1 aromatic rings. The number of fused-ring (bicyclic) bond motifs is 1. The number of hydrogen-bond acceptors (Lipinski definition) is 2. The van der Waals surface area contributed by atoms with Gasteiger partial charge in [-0.2, -0.15) is 0 Å². The summed E-state index contributed by atoms with van der Waals surface area (Å²) >= 11 is 5.88. The molecule has 0 saturated heterocycles. The van der Waals surface area contributed by atoms with Crippen molar-refractivity contribution in [3.8, 4) is 0 Å². The van der Waals surface area contributed by atoms with Crippen LogP contribution in [0.5, 0.6) is 0 Å². The number of rotatable bonds is 0. The molecule has 2 nitrogen and oxygen atoms in total. The van der Waals surface area contributed by atoms with Crippen molar-refractivity contribution in [3.05, 3.63) is 28.3 Å². The number of nitrogen functional groups attached to an aromatic ring is 1. The first-order valence-corrected chi connectivity index (χ1v) is 4.40. The van der Waals surface area contributed by atoms with Crippen LogP contribution < -0.4 is 11.5 Å². The number of hydrogen-bond donors (Lipinski definition) is 2. The quantitative estimate of drug-likeness (QED) is 0.602. The highest BCUT2D eigenvalue weighted by Gasteiger charge is 2.22. The van der Waals surface area contributed by atoms with Gasteiger partial charge in [-0.25, -0.2) is 0 Å². The highest BCUT2D eigenvalue weighted by Crippen LogP contribution is 2.37. The Bertz CT molecular complexity index is 323. The Morgan fingerprint density at radius 1 is 1.42 bits per heavy atom. The molecule has 0 heterocycles. The Hall–Kier alpha value is -0.730. The summed E-state index contributed by atoms with van der Waals surface area (Å²) < 4.78 is 0. The van der Waals surface area contributed by atoms with E-state index in [0.29, 0.717) is 10.7 Å². The fraction of sp³-hybridized carbons (Fsp3) is 0.333. The number of halogens is 1. The maximum atomic E-state index is 5.88. The Labute approximate surface area is 76.5 Å². The lowest BCUT2D eigenvalue weighted by Crippen LogP contribution is -2.08. The van der Waals surface area contributed by atoms with Crippen LogP contribution in [0.25, 0.3) is 0 Å². The molecule has 1 aliphatic carbocycles. The normalized spacial score (nSPS) is 21.0. The Morgan fingerprint density at radius 2 is 2.17 bits per heavy atom. The molecular formula is C9H11ClN2. The molecule has 0 aliphatic heterocycles. The Balaban J connectivity index is 2.63. The smallest absolute Gasteiger partial charge is 0.0639 e. The summed E-state index contributed by atoms with van der Waals surface area (Å²) in [6, 6.07) is 3.94. The van der Waals surface area contributed by atoms with Crippen LogP contribution in [-0.2, 0) is 6.42 Å². The van der Waals surface area contributed by atoms with Crippen LogP contribution in [0.1, 0.15) is 23.6 Å². The minimum atomic E-state index is 0.0821. The molecule has 1 aromatic carbocycles. The Kier molecular flexibility index (Phi) is 1.74. The van der Waals surface area contributed by atoms with Crippen molar-refractivity contribution >= 4 is 17.3 Å². The van der Waals surface area contributed by atoms with Crippen molar-refractivity contribution in [2.75, 3.05) is 5.73 Å². The number of aryl methyl sites for hydroxylation is 1. The van der Waals surface area contributed by atoms with Crippen LogP contribution in [0.2, 0.25) is 5.02 Å². The molecule has 0 fully saturated rings. The summed E-state index contributed by atoms with van der Waals surface area (Å²) in [6.07, 6.45) is 2.01. The van der Waals surface area contributed by atoms with Crippen LogP contribution in [0.4, 0.5) is 5.69 Å². The molecule has 3 heteroatoms. The largest absolute Gasteiger partial charge is 0.397 e. The molecule has 4 N–H and O–H groups in total. The van der Waals surface area contributed by atoms with Crippen molar-refractivity contribution in [1.82, 2.24) is 0 Å². The summed E-state index contributed by atoms with van der Waals surface area (Å²) in [4.78, 5) is 0. The fourth-order valence-electron chi connectivity index (χ4n) is 1.77. The van der Waals surface area contributed by atoms with E-state index < -0.39 is 0 Å². The van der Waals surface area contributed by atoms with E-state index in [2.05, 4.69) is 0 Å². The fourth-order valence-corrected chi connectivity index (χ4v) is 1.93. The Morgan fingerprint density at radius 3 is 2.92 bits per heavy atom. The first kappa shape index (κ1) is 7.90.